The molecule has 1 saturated carbocycles. The van der Waals surface area contributed by atoms with Crippen molar-refractivity contribution < 1.29 is 25.2 Å². The Hall–Kier alpha value is -0.240. The smallest absolute Gasteiger partial charge is 0.110 e. The molecule has 0 aromatic rings. The lowest BCUT2D eigenvalue weighted by Gasteiger charge is -2.44. The summed E-state index contributed by atoms with van der Waals surface area (Å²) in [6.07, 6.45) is -3.77. The predicted molar refractivity (Wildman–Crippen MR) is 54.5 cm³/mol. The maximum absolute atomic E-state index is 9.88. The van der Waals surface area contributed by atoms with Crippen LogP contribution >= 0.6 is 0 Å². The van der Waals surface area contributed by atoms with Crippen molar-refractivity contribution in [1.29, 1.82) is 0 Å². The molecule has 16 heavy (non-hydrogen) atoms. The largest absolute Gasteiger partial charge is 0.390 e. The molecular weight excluding hydrogens is 214 g/mol. The lowest BCUT2D eigenvalue weighted by molar-refractivity contribution is -0.183. The van der Waals surface area contributed by atoms with Crippen molar-refractivity contribution in [2.24, 2.45) is 11.7 Å². The van der Waals surface area contributed by atoms with E-state index in [0.717, 1.165) is 12.8 Å². The van der Waals surface area contributed by atoms with E-state index in [9.17, 15) is 20.4 Å². The topological polar surface area (TPSA) is 116 Å². The van der Waals surface area contributed by atoms with Crippen LogP contribution in [0.2, 0.25) is 0 Å². The number of hydrogen-bond acceptors (Lipinski definition) is 6. The molecule has 2 rings (SSSR count). The van der Waals surface area contributed by atoms with Gasteiger partial charge in [0.1, 0.15) is 12.2 Å². The normalized spacial score (nSPS) is 54.2. The Kier molecular flexibility index (Phi) is 3.48. The fourth-order valence-corrected chi connectivity index (χ4v) is 2.69. The predicted octanol–water partition coefficient (Wildman–Crippen LogP) is -2.43. The maximum Gasteiger partial charge on any atom is 0.110 e. The molecule has 0 amide bonds. The van der Waals surface area contributed by atoms with Gasteiger partial charge < -0.3 is 30.9 Å². The molecule has 6 heteroatoms. The summed E-state index contributed by atoms with van der Waals surface area (Å²) in [5.41, 5.74) is 5.78. The van der Waals surface area contributed by atoms with E-state index < -0.39 is 36.4 Å². The number of ether oxygens (including phenoxy) is 1. The molecule has 1 aliphatic carbocycles. The number of aliphatic hydroxyl groups is 4. The second-order valence-electron chi connectivity index (χ2n) is 4.67. The van der Waals surface area contributed by atoms with Crippen molar-refractivity contribution in [1.82, 2.24) is 0 Å². The summed E-state index contributed by atoms with van der Waals surface area (Å²) in [6.45, 7) is 0.606. The number of rotatable bonds is 1. The Morgan fingerprint density at radius 2 is 1.56 bits per heavy atom. The first-order valence-corrected chi connectivity index (χ1v) is 5.63. The van der Waals surface area contributed by atoms with Crippen LogP contribution in [0, 0.1) is 5.92 Å². The first kappa shape index (κ1) is 12.2. The lowest BCUT2D eigenvalue weighted by atomic mass is 9.74. The SMILES string of the molecule is N[C@@H]1[C@@H](O)[C@@H](O)[C@@H](O)[C@@H](O)[C@H]1[C@@H]1CCCO1. The summed E-state index contributed by atoms with van der Waals surface area (Å²) >= 11 is 0. The van der Waals surface area contributed by atoms with Gasteiger partial charge in [-0.1, -0.05) is 0 Å². The third-order valence-electron chi connectivity index (χ3n) is 3.68. The zero-order valence-electron chi connectivity index (χ0n) is 8.94. The van der Waals surface area contributed by atoms with Crippen LogP contribution in [0.5, 0.6) is 0 Å². The van der Waals surface area contributed by atoms with E-state index >= 15 is 0 Å². The molecule has 0 aromatic heterocycles. The first-order chi connectivity index (χ1) is 7.54. The molecule has 2 fully saturated rings. The average molecular weight is 233 g/mol. The third-order valence-corrected chi connectivity index (χ3v) is 3.68. The van der Waals surface area contributed by atoms with E-state index in [1.54, 1.807) is 0 Å². The highest BCUT2D eigenvalue weighted by Crippen LogP contribution is 2.33. The van der Waals surface area contributed by atoms with Crippen LogP contribution in [-0.4, -0.2) is 63.6 Å². The van der Waals surface area contributed by atoms with Gasteiger partial charge in [-0.3, -0.25) is 0 Å². The summed E-state index contributed by atoms with van der Waals surface area (Å²) in [5.74, 6) is -0.532. The molecule has 0 radical (unpaired) electrons. The van der Waals surface area contributed by atoms with Gasteiger partial charge in [0.05, 0.1) is 18.3 Å². The summed E-state index contributed by atoms with van der Waals surface area (Å²) in [6, 6.07) is -0.781. The Morgan fingerprint density at radius 3 is 2.12 bits per heavy atom. The van der Waals surface area contributed by atoms with Gasteiger partial charge in [-0.25, -0.2) is 0 Å². The molecule has 6 N–H and O–H groups in total. The Bertz CT molecular complexity index is 229. The number of nitrogens with two attached hydrogens (primary N) is 1. The van der Waals surface area contributed by atoms with E-state index in [1.807, 2.05) is 0 Å². The standard InChI is InChI=1S/C10H19NO5/c11-6-5(4-2-1-3-16-4)7(12)9(14)10(15)8(6)13/h4-10,12-15H,1-3,11H2/t4-,5-,6-,7-,8+,9-,10+/m0/s1. The summed E-state index contributed by atoms with van der Waals surface area (Å²) < 4.78 is 5.42. The molecule has 1 aliphatic heterocycles. The molecule has 94 valence electrons. The molecule has 0 bridgehead atoms. The molecular formula is C10H19NO5. The quantitative estimate of drug-likeness (QED) is 0.344. The summed E-state index contributed by atoms with van der Waals surface area (Å²) in [7, 11) is 0. The fourth-order valence-electron chi connectivity index (χ4n) is 2.69. The molecule has 0 unspecified atom stereocenters. The second kappa shape index (κ2) is 4.56. The van der Waals surface area contributed by atoms with Crippen molar-refractivity contribution in [2.75, 3.05) is 6.61 Å². The van der Waals surface area contributed by atoms with Gasteiger partial charge in [0, 0.05) is 18.6 Å². The van der Waals surface area contributed by atoms with E-state index in [4.69, 9.17) is 10.5 Å². The zero-order valence-corrected chi connectivity index (χ0v) is 8.94. The molecule has 7 atom stereocenters. The highest BCUT2D eigenvalue weighted by atomic mass is 16.5. The van der Waals surface area contributed by atoms with Crippen LogP contribution in [0.1, 0.15) is 12.8 Å². The maximum atomic E-state index is 9.88. The van der Waals surface area contributed by atoms with Gasteiger partial charge >= 0.3 is 0 Å². The Balaban J connectivity index is 2.15. The monoisotopic (exact) mass is 233 g/mol. The average Bonchev–Trinajstić information content (AvgIpc) is 2.77. The minimum atomic E-state index is -1.40. The van der Waals surface area contributed by atoms with E-state index in [2.05, 4.69) is 0 Å². The van der Waals surface area contributed by atoms with Gasteiger partial charge in [-0.2, -0.15) is 0 Å². The van der Waals surface area contributed by atoms with Crippen LogP contribution in [-0.2, 0) is 4.74 Å². The fraction of sp³-hybridized carbons (Fsp3) is 1.00. The van der Waals surface area contributed by atoms with Crippen LogP contribution in [0.4, 0.5) is 0 Å². The number of aliphatic hydroxyl groups excluding tert-OH is 4. The number of hydrogen-bond donors (Lipinski definition) is 5. The summed E-state index contributed by atoms with van der Waals surface area (Å²) in [5, 5.41) is 38.6. The van der Waals surface area contributed by atoms with Gasteiger partial charge in [-0.15, -0.1) is 0 Å². The highest BCUT2D eigenvalue weighted by molar-refractivity contribution is 5.03. The lowest BCUT2D eigenvalue weighted by Crippen LogP contribution is -2.66. The van der Waals surface area contributed by atoms with Crippen LogP contribution in [0.3, 0.4) is 0 Å². The van der Waals surface area contributed by atoms with Crippen molar-refractivity contribution in [3.8, 4) is 0 Å². The Labute approximate surface area is 93.6 Å². The minimum Gasteiger partial charge on any atom is -0.390 e. The van der Waals surface area contributed by atoms with E-state index in [1.165, 1.54) is 0 Å². The Morgan fingerprint density at radius 1 is 0.938 bits per heavy atom. The zero-order chi connectivity index (χ0) is 11.9. The molecule has 0 spiro atoms. The molecule has 1 saturated heterocycles. The molecule has 0 aromatic carbocycles. The minimum absolute atomic E-state index is 0.248. The van der Waals surface area contributed by atoms with Crippen molar-refractivity contribution in [3.63, 3.8) is 0 Å². The second-order valence-corrected chi connectivity index (χ2v) is 4.67. The van der Waals surface area contributed by atoms with Crippen LogP contribution in [0.15, 0.2) is 0 Å². The third kappa shape index (κ3) is 1.85. The van der Waals surface area contributed by atoms with Crippen molar-refractivity contribution in [2.45, 2.75) is 49.4 Å². The first-order valence-electron chi connectivity index (χ1n) is 5.63. The van der Waals surface area contributed by atoms with Crippen LogP contribution < -0.4 is 5.73 Å². The molecule has 2 aliphatic rings. The van der Waals surface area contributed by atoms with Gasteiger partial charge in [0.25, 0.3) is 0 Å². The highest BCUT2D eigenvalue weighted by Gasteiger charge is 2.50. The van der Waals surface area contributed by atoms with E-state index in [0.29, 0.717) is 6.61 Å². The van der Waals surface area contributed by atoms with Crippen LogP contribution in [0.25, 0.3) is 0 Å². The van der Waals surface area contributed by atoms with Gasteiger partial charge in [0.15, 0.2) is 0 Å². The summed E-state index contributed by atoms with van der Waals surface area (Å²) in [4.78, 5) is 0. The molecule has 1 heterocycles. The van der Waals surface area contributed by atoms with E-state index in [-0.39, 0.29) is 6.10 Å². The van der Waals surface area contributed by atoms with Gasteiger partial charge in [-0.05, 0) is 12.8 Å². The van der Waals surface area contributed by atoms with Crippen molar-refractivity contribution >= 4 is 0 Å². The van der Waals surface area contributed by atoms with Gasteiger partial charge in [0.2, 0.25) is 0 Å². The molecule has 6 nitrogen and oxygen atoms in total. The van der Waals surface area contributed by atoms with Crippen molar-refractivity contribution in [3.05, 3.63) is 0 Å².